The normalized spacial score (nSPS) is 10.3. The molecular formula is C24H14O2. The van der Waals surface area contributed by atoms with Gasteiger partial charge in [-0.15, -0.1) is 0 Å². The van der Waals surface area contributed by atoms with E-state index in [4.69, 9.17) is 0 Å². The fraction of sp³-hybridized carbons (Fsp3) is 0. The first kappa shape index (κ1) is 15.8. The van der Waals surface area contributed by atoms with Crippen molar-refractivity contribution in [3.8, 4) is 11.8 Å². The van der Waals surface area contributed by atoms with Crippen LogP contribution in [0.25, 0.3) is 21.5 Å². The van der Waals surface area contributed by atoms with Gasteiger partial charge < -0.3 is 0 Å². The predicted octanol–water partition coefficient (Wildman–Crippen LogP) is 5.02. The van der Waals surface area contributed by atoms with Crippen molar-refractivity contribution in [1.29, 1.82) is 0 Å². The Morgan fingerprint density at radius 3 is 1.38 bits per heavy atom. The summed E-state index contributed by atoms with van der Waals surface area (Å²) in [4.78, 5) is 23.0. The van der Waals surface area contributed by atoms with Crippen molar-refractivity contribution in [3.05, 3.63) is 95.1 Å². The molecule has 4 rings (SSSR count). The highest BCUT2D eigenvalue weighted by Gasteiger charge is 2.07. The van der Waals surface area contributed by atoms with Gasteiger partial charge in [-0.3, -0.25) is 9.59 Å². The van der Waals surface area contributed by atoms with Crippen molar-refractivity contribution in [2.45, 2.75) is 0 Å². The van der Waals surface area contributed by atoms with Gasteiger partial charge in [0.1, 0.15) is 0 Å². The van der Waals surface area contributed by atoms with Gasteiger partial charge in [0.05, 0.1) is 0 Å². The molecule has 0 aromatic heterocycles. The van der Waals surface area contributed by atoms with Crippen LogP contribution in [0.1, 0.15) is 31.8 Å². The summed E-state index contributed by atoms with van der Waals surface area (Å²) in [5, 5.41) is 3.90. The predicted molar refractivity (Wildman–Crippen MR) is 105 cm³/mol. The third kappa shape index (κ3) is 2.66. The van der Waals surface area contributed by atoms with Crippen molar-refractivity contribution in [2.75, 3.05) is 0 Å². The molecule has 2 nitrogen and oxygen atoms in total. The molecule has 0 unspecified atom stereocenters. The minimum Gasteiger partial charge on any atom is -0.298 e. The second-order valence-electron chi connectivity index (χ2n) is 5.99. The first-order valence-electron chi connectivity index (χ1n) is 8.27. The van der Waals surface area contributed by atoms with Gasteiger partial charge in [-0.2, -0.15) is 0 Å². The summed E-state index contributed by atoms with van der Waals surface area (Å²) in [5.41, 5.74) is 2.46. The average molecular weight is 334 g/mol. The molecule has 4 aromatic rings. The minimum absolute atomic E-state index is 0.545. The Kier molecular flexibility index (Phi) is 4.05. The summed E-state index contributed by atoms with van der Waals surface area (Å²) in [5.74, 6) is 6.30. The van der Waals surface area contributed by atoms with E-state index < -0.39 is 0 Å². The lowest BCUT2D eigenvalue weighted by atomic mass is 9.97. The van der Waals surface area contributed by atoms with Crippen molar-refractivity contribution < 1.29 is 9.59 Å². The Hall–Kier alpha value is -3.70. The zero-order chi connectivity index (χ0) is 17.9. The summed E-state index contributed by atoms with van der Waals surface area (Å²) < 4.78 is 0. The molecule has 4 aromatic carbocycles. The molecular weight excluding hydrogens is 320 g/mol. The number of benzene rings is 4. The summed E-state index contributed by atoms with van der Waals surface area (Å²) >= 11 is 0. The van der Waals surface area contributed by atoms with Crippen LogP contribution in [0.5, 0.6) is 0 Å². The smallest absolute Gasteiger partial charge is 0.151 e. The van der Waals surface area contributed by atoms with Crippen LogP contribution in [-0.2, 0) is 0 Å². The molecule has 0 spiro atoms. The van der Waals surface area contributed by atoms with Crippen molar-refractivity contribution >= 4 is 34.1 Å². The van der Waals surface area contributed by atoms with E-state index in [0.29, 0.717) is 22.3 Å². The van der Waals surface area contributed by atoms with E-state index >= 15 is 0 Å². The fourth-order valence-electron chi connectivity index (χ4n) is 3.18. The van der Waals surface area contributed by atoms with Gasteiger partial charge in [0.15, 0.2) is 12.6 Å². The number of hydrogen-bond donors (Lipinski definition) is 0. The van der Waals surface area contributed by atoms with Crippen LogP contribution in [0.3, 0.4) is 0 Å². The van der Waals surface area contributed by atoms with Crippen molar-refractivity contribution in [3.63, 3.8) is 0 Å². The van der Waals surface area contributed by atoms with Gasteiger partial charge >= 0.3 is 0 Å². The molecule has 0 saturated carbocycles. The van der Waals surface area contributed by atoms with Crippen LogP contribution in [0.2, 0.25) is 0 Å². The first-order valence-corrected chi connectivity index (χ1v) is 8.27. The third-order valence-electron chi connectivity index (χ3n) is 4.49. The lowest BCUT2D eigenvalue weighted by Gasteiger charge is -2.05. The first-order chi connectivity index (χ1) is 12.8. The van der Waals surface area contributed by atoms with Crippen LogP contribution in [0.4, 0.5) is 0 Å². The molecule has 0 bridgehead atoms. The Labute approximate surface area is 151 Å². The fourth-order valence-corrected chi connectivity index (χ4v) is 3.18. The maximum Gasteiger partial charge on any atom is 0.151 e. The molecule has 0 N–H and O–H groups in total. The van der Waals surface area contributed by atoms with Crippen molar-refractivity contribution in [2.24, 2.45) is 0 Å². The number of hydrogen-bond acceptors (Lipinski definition) is 2. The van der Waals surface area contributed by atoms with Gasteiger partial charge in [0, 0.05) is 22.3 Å². The van der Waals surface area contributed by atoms with Crippen LogP contribution >= 0.6 is 0 Å². The van der Waals surface area contributed by atoms with Gasteiger partial charge in [-0.05, 0) is 33.7 Å². The van der Waals surface area contributed by atoms with E-state index in [1.54, 1.807) is 12.1 Å². The van der Waals surface area contributed by atoms with Crippen molar-refractivity contribution in [1.82, 2.24) is 0 Å². The standard InChI is InChI=1S/C24H14O2/c25-15-19-11-9-17-5-1-3-7-21(17)23(19)13-14-24-20(16-26)12-10-18-6-2-4-8-22(18)24/h1-12,15-16H. The Morgan fingerprint density at radius 1 is 0.538 bits per heavy atom. The highest BCUT2D eigenvalue weighted by atomic mass is 16.1. The van der Waals surface area contributed by atoms with E-state index in [1.807, 2.05) is 60.7 Å². The zero-order valence-electron chi connectivity index (χ0n) is 13.9. The molecule has 0 amide bonds. The summed E-state index contributed by atoms with van der Waals surface area (Å²) in [6.45, 7) is 0. The Morgan fingerprint density at radius 2 is 0.962 bits per heavy atom. The van der Waals surface area contributed by atoms with E-state index in [0.717, 1.165) is 34.1 Å². The van der Waals surface area contributed by atoms with E-state index in [1.165, 1.54) is 0 Å². The molecule has 0 fully saturated rings. The number of fused-ring (bicyclic) bond motifs is 2. The second-order valence-corrected chi connectivity index (χ2v) is 5.99. The summed E-state index contributed by atoms with van der Waals surface area (Å²) in [6, 6.07) is 23.0. The molecule has 0 saturated heterocycles. The number of rotatable bonds is 2. The van der Waals surface area contributed by atoms with Gasteiger partial charge in [0.2, 0.25) is 0 Å². The third-order valence-corrected chi connectivity index (χ3v) is 4.49. The molecule has 0 aliphatic rings. The largest absolute Gasteiger partial charge is 0.298 e. The van der Waals surface area contributed by atoms with E-state index in [2.05, 4.69) is 11.8 Å². The highest BCUT2D eigenvalue weighted by molar-refractivity contribution is 5.98. The molecule has 26 heavy (non-hydrogen) atoms. The average Bonchev–Trinajstić information content (AvgIpc) is 2.71. The summed E-state index contributed by atoms with van der Waals surface area (Å²) in [6.07, 6.45) is 1.64. The molecule has 0 aliphatic heterocycles. The molecule has 0 heterocycles. The quantitative estimate of drug-likeness (QED) is 0.381. The maximum atomic E-state index is 11.5. The second kappa shape index (κ2) is 6.66. The van der Waals surface area contributed by atoms with E-state index in [9.17, 15) is 9.59 Å². The Bertz CT molecular complexity index is 1130. The van der Waals surface area contributed by atoms with Gasteiger partial charge in [-0.1, -0.05) is 72.5 Å². The maximum absolute atomic E-state index is 11.5. The van der Waals surface area contributed by atoms with Crippen LogP contribution < -0.4 is 0 Å². The highest BCUT2D eigenvalue weighted by Crippen LogP contribution is 2.23. The molecule has 0 aliphatic carbocycles. The molecule has 0 atom stereocenters. The Balaban J connectivity index is 2.00. The number of aldehydes is 2. The molecule has 0 radical (unpaired) electrons. The number of carbonyl (C=O) groups is 2. The topological polar surface area (TPSA) is 34.1 Å². The van der Waals surface area contributed by atoms with Crippen LogP contribution in [0, 0.1) is 11.8 Å². The lowest BCUT2D eigenvalue weighted by Crippen LogP contribution is -1.92. The zero-order valence-corrected chi connectivity index (χ0v) is 13.9. The van der Waals surface area contributed by atoms with Crippen LogP contribution in [-0.4, -0.2) is 12.6 Å². The number of carbonyl (C=O) groups excluding carboxylic acids is 2. The SMILES string of the molecule is O=Cc1ccc2ccccc2c1C#Cc1c(C=O)ccc2ccccc12. The lowest BCUT2D eigenvalue weighted by molar-refractivity contribution is 0.111. The molecule has 122 valence electrons. The van der Waals surface area contributed by atoms with Gasteiger partial charge in [0.25, 0.3) is 0 Å². The van der Waals surface area contributed by atoms with Crippen LogP contribution in [0.15, 0.2) is 72.8 Å². The molecule has 2 heteroatoms. The van der Waals surface area contributed by atoms with E-state index in [-0.39, 0.29) is 0 Å². The van der Waals surface area contributed by atoms with Gasteiger partial charge in [-0.25, -0.2) is 0 Å². The monoisotopic (exact) mass is 334 g/mol. The minimum atomic E-state index is 0.545. The summed E-state index contributed by atoms with van der Waals surface area (Å²) in [7, 11) is 0.